The van der Waals surface area contributed by atoms with Crippen LogP contribution in [0.25, 0.3) is 0 Å². The lowest BCUT2D eigenvalue weighted by Gasteiger charge is -2.33. The average Bonchev–Trinajstić information content (AvgIpc) is 2.45. The molecule has 0 aliphatic carbocycles. The summed E-state index contributed by atoms with van der Waals surface area (Å²) < 4.78 is 0. The van der Waals surface area contributed by atoms with Crippen LogP contribution in [0.5, 0.6) is 0 Å². The van der Waals surface area contributed by atoms with Gasteiger partial charge < -0.3 is 0 Å². The summed E-state index contributed by atoms with van der Waals surface area (Å²) in [6.45, 7) is 9.21. The molecule has 0 fully saturated rings. The summed E-state index contributed by atoms with van der Waals surface area (Å²) in [5.41, 5.74) is 2.57. The number of aromatic nitrogens is 1. The fraction of sp³-hybridized carbons (Fsp3) is 0.556. The van der Waals surface area contributed by atoms with Gasteiger partial charge in [0.1, 0.15) is 0 Å². The number of hydrogen-bond acceptors (Lipinski definition) is 2. The lowest BCUT2D eigenvalue weighted by Crippen LogP contribution is -2.27. The number of unbranched alkanes of at least 4 members (excludes halogenated alkanes) is 1. The summed E-state index contributed by atoms with van der Waals surface area (Å²) in [5.74, 6) is 0.661. The van der Waals surface area contributed by atoms with Gasteiger partial charge in [0.2, 0.25) is 0 Å². The third kappa shape index (κ3) is 4.48. The van der Waals surface area contributed by atoms with Crippen molar-refractivity contribution >= 4 is 18.8 Å². The predicted molar refractivity (Wildman–Crippen MR) is 94.8 cm³/mol. The summed E-state index contributed by atoms with van der Waals surface area (Å²) in [4.78, 5) is 9.39. The van der Waals surface area contributed by atoms with E-state index in [0.29, 0.717) is 5.92 Å². The standard InChI is InChI=1S/C18H27N2P/c1-5-6-9-15-11-13-20-17(14-15)21(18(2,3)4)16-10-7-8-12-19-16/h7-8,10-13,15H,5-6,9,14H2,1-4H3. The first-order valence-electron chi connectivity index (χ1n) is 7.97. The van der Waals surface area contributed by atoms with Crippen molar-refractivity contribution in [3.05, 3.63) is 36.7 Å². The van der Waals surface area contributed by atoms with Crippen LogP contribution in [-0.2, 0) is 0 Å². The molecule has 2 heterocycles. The molecule has 21 heavy (non-hydrogen) atoms. The Balaban J connectivity index is 2.23. The molecule has 0 bridgehead atoms. The van der Waals surface area contributed by atoms with Gasteiger partial charge in [0.25, 0.3) is 0 Å². The Morgan fingerprint density at radius 3 is 2.71 bits per heavy atom. The first-order chi connectivity index (χ1) is 10.0. The van der Waals surface area contributed by atoms with Gasteiger partial charge in [0.15, 0.2) is 0 Å². The van der Waals surface area contributed by atoms with E-state index in [4.69, 9.17) is 4.99 Å². The van der Waals surface area contributed by atoms with E-state index in [1.165, 1.54) is 30.2 Å². The lowest BCUT2D eigenvalue weighted by molar-refractivity contribution is 0.569. The van der Waals surface area contributed by atoms with E-state index >= 15 is 0 Å². The topological polar surface area (TPSA) is 25.2 Å². The fourth-order valence-electron chi connectivity index (χ4n) is 2.77. The maximum atomic E-state index is 4.76. The van der Waals surface area contributed by atoms with Gasteiger partial charge >= 0.3 is 0 Å². The van der Waals surface area contributed by atoms with Crippen molar-refractivity contribution in [2.24, 2.45) is 10.9 Å². The molecule has 0 radical (unpaired) electrons. The summed E-state index contributed by atoms with van der Waals surface area (Å²) >= 11 is 0. The van der Waals surface area contributed by atoms with Crippen molar-refractivity contribution < 1.29 is 0 Å². The minimum absolute atomic E-state index is 0.197. The molecule has 0 aromatic carbocycles. The second-order valence-electron chi connectivity index (χ2n) is 6.69. The Morgan fingerprint density at radius 2 is 2.10 bits per heavy atom. The van der Waals surface area contributed by atoms with Gasteiger partial charge in [-0.05, 0) is 44.0 Å². The van der Waals surface area contributed by atoms with Crippen LogP contribution in [0.1, 0.15) is 53.4 Å². The van der Waals surface area contributed by atoms with Crippen LogP contribution in [-0.4, -0.2) is 15.6 Å². The van der Waals surface area contributed by atoms with Crippen LogP contribution < -0.4 is 5.44 Å². The SMILES string of the molecule is CCCCC1C=CN=C(P(c2ccccn2)C(C)(C)C)C1. The Bertz CT molecular complexity index is 500. The van der Waals surface area contributed by atoms with Gasteiger partial charge in [-0.15, -0.1) is 0 Å². The summed E-state index contributed by atoms with van der Waals surface area (Å²) in [6.07, 6.45) is 11.2. The van der Waals surface area contributed by atoms with Crippen LogP contribution >= 0.6 is 7.92 Å². The number of nitrogens with zero attached hydrogens (tertiary/aromatic N) is 2. The van der Waals surface area contributed by atoms with E-state index in [2.05, 4.69) is 50.9 Å². The molecular formula is C18H27N2P. The summed E-state index contributed by atoms with van der Waals surface area (Å²) in [6, 6.07) is 6.25. The van der Waals surface area contributed by atoms with Crippen LogP contribution in [0.15, 0.2) is 41.7 Å². The van der Waals surface area contributed by atoms with E-state index in [1.54, 1.807) is 0 Å². The highest BCUT2D eigenvalue weighted by molar-refractivity contribution is 7.82. The molecule has 0 saturated carbocycles. The molecule has 3 heteroatoms. The van der Waals surface area contributed by atoms with Gasteiger partial charge in [-0.25, -0.2) is 0 Å². The molecular weight excluding hydrogens is 275 g/mol. The minimum Gasteiger partial charge on any atom is -0.261 e. The van der Waals surface area contributed by atoms with Gasteiger partial charge in [-0.2, -0.15) is 0 Å². The van der Waals surface area contributed by atoms with Crippen molar-refractivity contribution in [1.29, 1.82) is 0 Å². The number of pyridine rings is 1. The normalized spacial score (nSPS) is 20.2. The maximum Gasteiger partial charge on any atom is 0.0693 e. The smallest absolute Gasteiger partial charge is 0.0693 e. The van der Waals surface area contributed by atoms with Gasteiger partial charge in [0, 0.05) is 17.8 Å². The predicted octanol–water partition coefficient (Wildman–Crippen LogP) is 5.11. The second kappa shape index (κ2) is 7.31. The monoisotopic (exact) mass is 302 g/mol. The molecule has 0 saturated heterocycles. The Morgan fingerprint density at radius 1 is 1.29 bits per heavy atom. The highest BCUT2D eigenvalue weighted by Gasteiger charge is 2.33. The van der Waals surface area contributed by atoms with Crippen LogP contribution in [0.3, 0.4) is 0 Å². The zero-order chi connectivity index (χ0) is 15.3. The minimum atomic E-state index is -0.469. The van der Waals surface area contributed by atoms with Crippen LogP contribution in [0, 0.1) is 5.92 Å². The first kappa shape index (κ1) is 16.4. The van der Waals surface area contributed by atoms with Crippen molar-refractivity contribution in [3.63, 3.8) is 0 Å². The second-order valence-corrected chi connectivity index (χ2v) is 9.67. The highest BCUT2D eigenvalue weighted by atomic mass is 31.1. The molecule has 2 unspecified atom stereocenters. The van der Waals surface area contributed by atoms with E-state index < -0.39 is 7.92 Å². The fourth-order valence-corrected chi connectivity index (χ4v) is 5.51. The zero-order valence-corrected chi connectivity index (χ0v) is 14.6. The van der Waals surface area contributed by atoms with Crippen molar-refractivity contribution in [1.82, 2.24) is 4.98 Å². The van der Waals surface area contributed by atoms with Crippen molar-refractivity contribution in [2.75, 3.05) is 0 Å². The quantitative estimate of drug-likeness (QED) is 0.694. The highest BCUT2D eigenvalue weighted by Crippen LogP contribution is 2.51. The molecule has 2 nitrogen and oxygen atoms in total. The lowest BCUT2D eigenvalue weighted by atomic mass is 9.98. The third-order valence-electron chi connectivity index (χ3n) is 3.76. The van der Waals surface area contributed by atoms with E-state index in [9.17, 15) is 0 Å². The van der Waals surface area contributed by atoms with E-state index in [0.717, 1.165) is 6.42 Å². The zero-order valence-electron chi connectivity index (χ0n) is 13.7. The molecule has 1 aromatic rings. The first-order valence-corrected chi connectivity index (χ1v) is 9.31. The van der Waals surface area contributed by atoms with Crippen LogP contribution in [0.4, 0.5) is 0 Å². The number of aliphatic imine (C=N–C) groups is 1. The summed E-state index contributed by atoms with van der Waals surface area (Å²) in [5, 5.41) is 0.197. The van der Waals surface area contributed by atoms with Crippen LogP contribution in [0.2, 0.25) is 0 Å². The molecule has 2 atom stereocenters. The van der Waals surface area contributed by atoms with E-state index in [1.807, 2.05) is 18.5 Å². The molecule has 114 valence electrons. The summed E-state index contributed by atoms with van der Waals surface area (Å²) in [7, 11) is -0.469. The molecule has 1 aromatic heterocycles. The van der Waals surface area contributed by atoms with Crippen molar-refractivity contribution in [3.8, 4) is 0 Å². The average molecular weight is 302 g/mol. The Kier molecular flexibility index (Phi) is 5.70. The molecule has 1 aliphatic heterocycles. The Hall–Kier alpha value is -1.01. The van der Waals surface area contributed by atoms with Gasteiger partial charge in [-0.3, -0.25) is 9.98 Å². The Labute approximate surface area is 130 Å². The molecule has 0 spiro atoms. The van der Waals surface area contributed by atoms with Gasteiger partial charge in [-0.1, -0.05) is 52.7 Å². The molecule has 0 N–H and O–H groups in total. The number of rotatable bonds is 5. The maximum absolute atomic E-state index is 4.76. The van der Waals surface area contributed by atoms with Crippen molar-refractivity contribution in [2.45, 2.75) is 58.5 Å². The third-order valence-corrected chi connectivity index (χ3v) is 6.64. The number of hydrogen-bond donors (Lipinski definition) is 0. The largest absolute Gasteiger partial charge is 0.261 e. The molecule has 0 amide bonds. The number of allylic oxidation sites excluding steroid dienone is 1. The molecule has 2 rings (SSSR count). The van der Waals surface area contributed by atoms with Gasteiger partial charge in [0.05, 0.1) is 5.44 Å². The molecule has 1 aliphatic rings. The van der Waals surface area contributed by atoms with E-state index in [-0.39, 0.29) is 5.16 Å².